The lowest BCUT2D eigenvalue weighted by atomic mass is 10.1. The number of aromatic amines is 1. The molecule has 11 nitrogen and oxygen atoms in total. The fourth-order valence-corrected chi connectivity index (χ4v) is 5.40. The summed E-state index contributed by atoms with van der Waals surface area (Å²) in [6, 6.07) is 18.3. The Morgan fingerprint density at radius 3 is 2.41 bits per heavy atom. The molecule has 0 atom stereocenters. The number of benzene rings is 2. The van der Waals surface area contributed by atoms with Gasteiger partial charge in [0.25, 0.3) is 0 Å². The first-order chi connectivity index (χ1) is 22.5. The van der Waals surface area contributed by atoms with Gasteiger partial charge in [-0.15, -0.1) is 0 Å². The zero-order chi connectivity index (χ0) is 31.9. The van der Waals surface area contributed by atoms with Gasteiger partial charge < -0.3 is 34.1 Å². The van der Waals surface area contributed by atoms with Crippen LogP contribution in [0.15, 0.2) is 67.0 Å². The maximum absolute atomic E-state index is 6.14. The third-order valence-corrected chi connectivity index (χ3v) is 8.08. The van der Waals surface area contributed by atoms with Crippen molar-refractivity contribution in [2.24, 2.45) is 0 Å². The molecule has 3 aromatic heterocycles. The topological polar surface area (TPSA) is 110 Å². The normalized spacial score (nSPS) is 14.0. The van der Waals surface area contributed by atoms with E-state index in [1.54, 1.807) is 14.2 Å². The molecule has 240 valence electrons. The maximum atomic E-state index is 6.14. The second-order valence-electron chi connectivity index (χ2n) is 11.5. The molecule has 6 rings (SSSR count). The van der Waals surface area contributed by atoms with Crippen molar-refractivity contribution in [1.29, 1.82) is 0 Å². The van der Waals surface area contributed by atoms with Crippen molar-refractivity contribution < 1.29 is 18.9 Å². The molecule has 2 N–H and O–H groups in total. The number of aromatic nitrogens is 4. The lowest BCUT2D eigenvalue weighted by Crippen LogP contribution is -2.43. The predicted octanol–water partition coefficient (Wildman–Crippen LogP) is 5.43. The largest absolute Gasteiger partial charge is 0.493 e. The smallest absolute Gasteiger partial charge is 0.232 e. The second kappa shape index (κ2) is 14.6. The average Bonchev–Trinajstić information content (AvgIpc) is 3.51. The first kappa shape index (κ1) is 31.3. The van der Waals surface area contributed by atoms with Crippen LogP contribution >= 0.6 is 0 Å². The molecule has 0 bridgehead atoms. The van der Waals surface area contributed by atoms with Crippen LogP contribution in [0, 0.1) is 6.92 Å². The fraction of sp³-hybridized carbons (Fsp3) is 0.343. The number of anilines is 2. The number of H-pyrrole nitrogens is 1. The van der Waals surface area contributed by atoms with Crippen LogP contribution in [0.3, 0.4) is 0 Å². The van der Waals surface area contributed by atoms with Crippen molar-refractivity contribution in [3.8, 4) is 28.5 Å². The summed E-state index contributed by atoms with van der Waals surface area (Å²) in [5.74, 6) is 2.15. The molecule has 0 saturated carbocycles. The Balaban J connectivity index is 1.22. The number of fused-ring (bicyclic) bond motifs is 1. The van der Waals surface area contributed by atoms with Crippen LogP contribution < -0.4 is 19.5 Å². The Bertz CT molecular complexity index is 1730. The zero-order valence-electron chi connectivity index (χ0n) is 26.9. The molecule has 1 aliphatic heterocycles. The Kier molecular flexibility index (Phi) is 9.92. The number of piperazine rings is 1. The van der Waals surface area contributed by atoms with Gasteiger partial charge in [0.2, 0.25) is 11.8 Å². The highest BCUT2D eigenvalue weighted by molar-refractivity contribution is 5.98. The van der Waals surface area contributed by atoms with E-state index in [1.807, 2.05) is 49.6 Å². The molecule has 1 fully saturated rings. The standard InChI is InChI=1S/C35H41N7O4/c1-24-5-6-26(20-36-24)23-46-30-12-9-27(19-31(30)44-4)29-21-37-33-32(29)34(45-18-17-43-3)40-35(39-33)38-28-10-7-25(8-11-28)22-42-15-13-41(2)14-16-42/h5-12,19-21H,13-18,22-23H2,1-4H3,(H2,37,38,39,40). The summed E-state index contributed by atoms with van der Waals surface area (Å²) in [5.41, 5.74) is 6.57. The summed E-state index contributed by atoms with van der Waals surface area (Å²) in [4.78, 5) is 22.1. The summed E-state index contributed by atoms with van der Waals surface area (Å²) in [7, 11) is 5.45. The lowest BCUT2D eigenvalue weighted by molar-refractivity contribution is 0.144. The average molecular weight is 624 g/mol. The van der Waals surface area contributed by atoms with Crippen molar-refractivity contribution >= 4 is 22.7 Å². The molecule has 0 spiro atoms. The van der Waals surface area contributed by atoms with Crippen LogP contribution in [0.4, 0.5) is 11.6 Å². The molecule has 1 saturated heterocycles. The Morgan fingerprint density at radius 2 is 1.67 bits per heavy atom. The summed E-state index contributed by atoms with van der Waals surface area (Å²) < 4.78 is 23.2. The molecule has 46 heavy (non-hydrogen) atoms. The van der Waals surface area contributed by atoms with E-state index in [1.165, 1.54) is 5.56 Å². The Labute approximate surface area is 269 Å². The van der Waals surface area contributed by atoms with Crippen LogP contribution in [-0.2, 0) is 17.9 Å². The van der Waals surface area contributed by atoms with Gasteiger partial charge in [0.05, 0.1) is 19.1 Å². The number of hydrogen-bond acceptors (Lipinski definition) is 10. The highest BCUT2D eigenvalue weighted by Gasteiger charge is 2.19. The summed E-state index contributed by atoms with van der Waals surface area (Å²) in [5, 5.41) is 4.12. The molecular weight excluding hydrogens is 582 g/mol. The van der Waals surface area contributed by atoms with Crippen molar-refractivity contribution in [1.82, 2.24) is 29.7 Å². The van der Waals surface area contributed by atoms with Gasteiger partial charge in [0.1, 0.15) is 18.9 Å². The lowest BCUT2D eigenvalue weighted by Gasteiger charge is -2.32. The Hall–Kier alpha value is -4.71. The van der Waals surface area contributed by atoms with E-state index >= 15 is 0 Å². The van der Waals surface area contributed by atoms with E-state index in [2.05, 4.69) is 56.4 Å². The molecule has 5 aromatic rings. The van der Waals surface area contributed by atoms with E-state index < -0.39 is 0 Å². The number of methoxy groups -OCH3 is 2. The van der Waals surface area contributed by atoms with Crippen molar-refractivity contribution in [2.45, 2.75) is 20.1 Å². The highest BCUT2D eigenvalue weighted by atomic mass is 16.5. The number of nitrogens with zero attached hydrogens (tertiary/aromatic N) is 5. The van der Waals surface area contributed by atoms with Gasteiger partial charge in [-0.05, 0) is 55.4 Å². The summed E-state index contributed by atoms with van der Waals surface area (Å²) in [6.07, 6.45) is 3.73. The van der Waals surface area contributed by atoms with Gasteiger partial charge in [-0.1, -0.05) is 24.3 Å². The minimum atomic E-state index is 0.345. The molecule has 1 aliphatic rings. The zero-order valence-corrected chi connectivity index (χ0v) is 26.9. The highest BCUT2D eigenvalue weighted by Crippen LogP contribution is 2.39. The molecule has 4 heterocycles. The number of likely N-dealkylation sites (N-methyl/N-ethyl adjacent to an activating group) is 1. The van der Waals surface area contributed by atoms with E-state index in [0.29, 0.717) is 48.8 Å². The molecule has 0 amide bonds. The van der Waals surface area contributed by atoms with E-state index in [0.717, 1.165) is 66.2 Å². The predicted molar refractivity (Wildman–Crippen MR) is 179 cm³/mol. The maximum Gasteiger partial charge on any atom is 0.232 e. The Morgan fingerprint density at radius 1 is 0.870 bits per heavy atom. The molecule has 11 heteroatoms. The van der Waals surface area contributed by atoms with E-state index in [-0.39, 0.29) is 0 Å². The number of hydrogen-bond donors (Lipinski definition) is 2. The molecular formula is C35H41N7O4. The molecule has 0 aliphatic carbocycles. The van der Waals surface area contributed by atoms with Crippen molar-refractivity contribution in [3.63, 3.8) is 0 Å². The van der Waals surface area contributed by atoms with Crippen LogP contribution in [0.5, 0.6) is 17.4 Å². The van der Waals surface area contributed by atoms with Crippen LogP contribution in [-0.4, -0.2) is 90.4 Å². The van der Waals surface area contributed by atoms with Gasteiger partial charge in [0.15, 0.2) is 11.5 Å². The number of nitrogens with one attached hydrogen (secondary N) is 2. The third-order valence-electron chi connectivity index (χ3n) is 8.08. The quantitative estimate of drug-likeness (QED) is 0.165. The minimum absolute atomic E-state index is 0.345. The number of aryl methyl sites for hydroxylation is 1. The first-order valence-corrected chi connectivity index (χ1v) is 15.5. The fourth-order valence-electron chi connectivity index (χ4n) is 5.40. The summed E-state index contributed by atoms with van der Waals surface area (Å²) in [6.45, 7) is 8.45. The number of ether oxygens (including phenoxy) is 4. The second-order valence-corrected chi connectivity index (χ2v) is 11.5. The van der Waals surface area contributed by atoms with Crippen LogP contribution in [0.2, 0.25) is 0 Å². The molecule has 2 aromatic carbocycles. The van der Waals surface area contributed by atoms with Crippen molar-refractivity contribution in [2.75, 3.05) is 66.0 Å². The first-order valence-electron chi connectivity index (χ1n) is 15.5. The monoisotopic (exact) mass is 623 g/mol. The molecule has 0 radical (unpaired) electrons. The van der Waals surface area contributed by atoms with Gasteiger partial charge >= 0.3 is 0 Å². The van der Waals surface area contributed by atoms with Crippen LogP contribution in [0.1, 0.15) is 16.8 Å². The van der Waals surface area contributed by atoms with Gasteiger partial charge in [-0.3, -0.25) is 9.88 Å². The molecule has 0 unspecified atom stereocenters. The van der Waals surface area contributed by atoms with E-state index in [4.69, 9.17) is 28.9 Å². The minimum Gasteiger partial charge on any atom is -0.493 e. The summed E-state index contributed by atoms with van der Waals surface area (Å²) >= 11 is 0. The van der Waals surface area contributed by atoms with Gasteiger partial charge in [0, 0.05) is 74.7 Å². The van der Waals surface area contributed by atoms with Gasteiger partial charge in [-0.25, -0.2) is 0 Å². The number of rotatable bonds is 13. The number of pyridine rings is 1. The van der Waals surface area contributed by atoms with Crippen molar-refractivity contribution in [3.05, 3.63) is 83.8 Å². The van der Waals surface area contributed by atoms with E-state index in [9.17, 15) is 0 Å². The van der Waals surface area contributed by atoms with Crippen LogP contribution in [0.25, 0.3) is 22.2 Å². The van der Waals surface area contributed by atoms with Gasteiger partial charge in [-0.2, -0.15) is 9.97 Å². The SMILES string of the molecule is COCCOc1nc(Nc2ccc(CN3CCN(C)CC3)cc2)nc2[nH]cc(-c3ccc(OCc4ccc(C)nc4)c(OC)c3)c12. The third kappa shape index (κ3) is 7.56.